The molecule has 104 valence electrons. The Morgan fingerprint density at radius 2 is 2.21 bits per heavy atom. The van der Waals surface area contributed by atoms with Crippen LogP contribution in [0.1, 0.15) is 11.4 Å². The van der Waals surface area contributed by atoms with Crippen LogP contribution in [0.25, 0.3) is 0 Å². The van der Waals surface area contributed by atoms with Gasteiger partial charge in [0.05, 0.1) is 10.3 Å². The first kappa shape index (κ1) is 14.7. The highest BCUT2D eigenvalue weighted by atomic mass is 79.9. The minimum atomic E-state index is -3.46. The van der Waals surface area contributed by atoms with E-state index in [1.54, 1.807) is 25.5 Å². The van der Waals surface area contributed by atoms with Crippen LogP contribution in [0.15, 0.2) is 26.5 Å². The van der Waals surface area contributed by atoms with Gasteiger partial charge in [-0.2, -0.15) is 4.31 Å². The van der Waals surface area contributed by atoms with Crippen LogP contribution >= 0.6 is 27.3 Å². The van der Waals surface area contributed by atoms with E-state index in [4.69, 9.17) is 0 Å². The third kappa shape index (κ3) is 2.91. The van der Waals surface area contributed by atoms with E-state index < -0.39 is 10.0 Å². The van der Waals surface area contributed by atoms with Crippen molar-refractivity contribution in [2.75, 3.05) is 7.05 Å². The molecule has 2 aromatic heterocycles. The molecule has 0 saturated heterocycles. The zero-order valence-corrected chi connectivity index (χ0v) is 14.0. The lowest BCUT2D eigenvalue weighted by Crippen LogP contribution is -2.27. The van der Waals surface area contributed by atoms with E-state index in [1.807, 2.05) is 18.5 Å². The summed E-state index contributed by atoms with van der Waals surface area (Å²) >= 11 is 4.58. The Bertz CT molecular complexity index is 671. The summed E-state index contributed by atoms with van der Waals surface area (Å²) in [6.45, 7) is 2.12. The summed E-state index contributed by atoms with van der Waals surface area (Å²) in [4.78, 5) is 4.14. The molecule has 0 bridgehead atoms. The highest BCUT2D eigenvalue weighted by molar-refractivity contribution is 9.11. The van der Waals surface area contributed by atoms with Crippen molar-refractivity contribution in [3.63, 3.8) is 0 Å². The number of nitrogens with zero attached hydrogens (tertiary/aromatic N) is 3. The molecule has 0 aliphatic heterocycles. The molecule has 0 saturated carbocycles. The fourth-order valence-corrected chi connectivity index (χ4v) is 5.11. The predicted molar refractivity (Wildman–Crippen MR) is 78.6 cm³/mol. The molecule has 0 N–H and O–H groups in total. The summed E-state index contributed by atoms with van der Waals surface area (Å²) in [6.07, 6.45) is 3.45. The maximum Gasteiger partial charge on any atom is 0.252 e. The Morgan fingerprint density at radius 3 is 2.68 bits per heavy atom. The quantitative estimate of drug-likeness (QED) is 0.837. The van der Waals surface area contributed by atoms with Crippen LogP contribution in [0, 0.1) is 6.92 Å². The maximum absolute atomic E-state index is 12.4. The Hall–Kier alpha value is -0.700. The van der Waals surface area contributed by atoms with E-state index in [1.165, 1.54) is 15.6 Å². The summed E-state index contributed by atoms with van der Waals surface area (Å²) in [5.74, 6) is 0.707. The standard InChI is InChI=1S/C11H14BrN3O2S2/c1-8-6-10(18-11(8)12)19(16,17)15(3)7-9-13-4-5-14(9)2/h4-6H,7H2,1-3H3. The second-order valence-corrected chi connectivity index (χ2v) is 8.88. The van der Waals surface area contributed by atoms with Crippen molar-refractivity contribution in [3.05, 3.63) is 33.6 Å². The lowest BCUT2D eigenvalue weighted by atomic mass is 10.4. The Labute approximate surface area is 125 Å². The van der Waals surface area contributed by atoms with E-state index in [-0.39, 0.29) is 6.54 Å². The molecule has 19 heavy (non-hydrogen) atoms. The van der Waals surface area contributed by atoms with E-state index in [0.717, 1.165) is 9.35 Å². The van der Waals surface area contributed by atoms with Gasteiger partial charge in [-0.05, 0) is 34.5 Å². The Morgan fingerprint density at radius 1 is 1.53 bits per heavy atom. The third-order valence-corrected chi connectivity index (χ3v) is 7.17. The lowest BCUT2D eigenvalue weighted by Gasteiger charge is -2.15. The van der Waals surface area contributed by atoms with Crippen LogP contribution in [0.2, 0.25) is 0 Å². The fourth-order valence-electron chi connectivity index (χ4n) is 1.55. The fraction of sp³-hybridized carbons (Fsp3) is 0.364. The summed E-state index contributed by atoms with van der Waals surface area (Å²) in [6, 6.07) is 1.68. The van der Waals surface area contributed by atoms with Gasteiger partial charge in [0, 0.05) is 26.5 Å². The molecule has 0 radical (unpaired) electrons. The number of aromatic nitrogens is 2. The van der Waals surface area contributed by atoms with Gasteiger partial charge in [0.25, 0.3) is 10.0 Å². The van der Waals surface area contributed by atoms with Crippen molar-refractivity contribution in [1.82, 2.24) is 13.9 Å². The number of hydrogen-bond donors (Lipinski definition) is 0. The number of aryl methyl sites for hydroxylation is 2. The largest absolute Gasteiger partial charge is 0.337 e. The van der Waals surface area contributed by atoms with Crippen molar-refractivity contribution >= 4 is 37.3 Å². The zero-order chi connectivity index (χ0) is 14.2. The van der Waals surface area contributed by atoms with Crippen molar-refractivity contribution in [1.29, 1.82) is 0 Å². The molecular formula is C11H14BrN3O2S2. The van der Waals surface area contributed by atoms with Crippen LogP contribution in [-0.4, -0.2) is 29.3 Å². The van der Waals surface area contributed by atoms with Gasteiger partial charge in [-0.15, -0.1) is 11.3 Å². The highest BCUT2D eigenvalue weighted by Crippen LogP contribution is 2.32. The van der Waals surface area contributed by atoms with Gasteiger partial charge in [0.15, 0.2) is 0 Å². The van der Waals surface area contributed by atoms with E-state index in [0.29, 0.717) is 10.0 Å². The topological polar surface area (TPSA) is 55.2 Å². The Balaban J connectivity index is 2.27. The van der Waals surface area contributed by atoms with Crippen molar-refractivity contribution < 1.29 is 8.42 Å². The minimum absolute atomic E-state index is 0.250. The summed E-state index contributed by atoms with van der Waals surface area (Å²) in [5.41, 5.74) is 0.925. The van der Waals surface area contributed by atoms with Crippen LogP contribution in [0.4, 0.5) is 0 Å². The number of rotatable bonds is 4. The van der Waals surface area contributed by atoms with Crippen LogP contribution in [0.3, 0.4) is 0 Å². The Kier molecular flexibility index (Phi) is 4.14. The first-order valence-electron chi connectivity index (χ1n) is 5.51. The predicted octanol–water partition coefficient (Wildman–Crippen LogP) is 2.37. The second-order valence-electron chi connectivity index (χ2n) is 4.24. The van der Waals surface area contributed by atoms with E-state index in [2.05, 4.69) is 20.9 Å². The van der Waals surface area contributed by atoms with Crippen LogP contribution < -0.4 is 0 Å². The summed E-state index contributed by atoms with van der Waals surface area (Å²) in [5, 5.41) is 0. The molecule has 0 spiro atoms. The molecule has 0 aliphatic rings. The number of sulfonamides is 1. The van der Waals surface area contributed by atoms with Gasteiger partial charge >= 0.3 is 0 Å². The van der Waals surface area contributed by atoms with Crippen molar-refractivity contribution in [2.24, 2.45) is 7.05 Å². The molecule has 0 aliphatic carbocycles. The third-order valence-electron chi connectivity index (χ3n) is 2.78. The number of thiophene rings is 1. The van der Waals surface area contributed by atoms with Gasteiger partial charge in [-0.1, -0.05) is 0 Å². The first-order chi connectivity index (χ1) is 8.82. The maximum atomic E-state index is 12.4. The number of imidazole rings is 1. The normalized spacial score (nSPS) is 12.3. The average Bonchev–Trinajstić information content (AvgIpc) is 2.87. The monoisotopic (exact) mass is 363 g/mol. The molecule has 2 heterocycles. The van der Waals surface area contributed by atoms with Crippen LogP contribution in [-0.2, 0) is 23.6 Å². The molecule has 0 fully saturated rings. The molecule has 5 nitrogen and oxygen atoms in total. The van der Waals surface area contributed by atoms with Crippen molar-refractivity contribution in [2.45, 2.75) is 17.7 Å². The number of halogens is 1. The van der Waals surface area contributed by atoms with Gasteiger partial charge in [-0.25, -0.2) is 13.4 Å². The van der Waals surface area contributed by atoms with Gasteiger partial charge in [0.2, 0.25) is 0 Å². The van der Waals surface area contributed by atoms with E-state index in [9.17, 15) is 8.42 Å². The number of hydrogen-bond acceptors (Lipinski definition) is 4. The van der Waals surface area contributed by atoms with Gasteiger partial charge in [-0.3, -0.25) is 0 Å². The first-order valence-corrected chi connectivity index (χ1v) is 8.56. The molecule has 2 aromatic rings. The average molecular weight is 364 g/mol. The smallest absolute Gasteiger partial charge is 0.252 e. The lowest BCUT2D eigenvalue weighted by molar-refractivity contribution is 0.453. The van der Waals surface area contributed by atoms with Gasteiger partial charge in [0.1, 0.15) is 10.0 Å². The molecule has 0 amide bonds. The zero-order valence-electron chi connectivity index (χ0n) is 10.8. The molecule has 0 aromatic carbocycles. The SMILES string of the molecule is Cc1cc(S(=O)(=O)N(C)Cc2nccn2C)sc1Br. The minimum Gasteiger partial charge on any atom is -0.337 e. The van der Waals surface area contributed by atoms with E-state index >= 15 is 0 Å². The van der Waals surface area contributed by atoms with Crippen LogP contribution in [0.5, 0.6) is 0 Å². The molecular weight excluding hydrogens is 350 g/mol. The summed E-state index contributed by atoms with van der Waals surface area (Å²) < 4.78 is 29.1. The summed E-state index contributed by atoms with van der Waals surface area (Å²) in [7, 11) is -0.0606. The van der Waals surface area contributed by atoms with Crippen molar-refractivity contribution in [3.8, 4) is 0 Å². The van der Waals surface area contributed by atoms with Gasteiger partial charge < -0.3 is 4.57 Å². The molecule has 0 atom stereocenters. The second kappa shape index (κ2) is 5.35. The highest BCUT2D eigenvalue weighted by Gasteiger charge is 2.24. The molecule has 0 unspecified atom stereocenters. The molecule has 8 heteroatoms. The molecule has 2 rings (SSSR count).